The van der Waals surface area contributed by atoms with Crippen LogP contribution in [-0.2, 0) is 16.0 Å². The van der Waals surface area contributed by atoms with Gasteiger partial charge in [-0.25, -0.2) is 14.6 Å². The summed E-state index contributed by atoms with van der Waals surface area (Å²) in [7, 11) is 4.47. The lowest BCUT2D eigenvalue weighted by Crippen LogP contribution is -2.09. The number of pyridine rings is 1. The van der Waals surface area contributed by atoms with Gasteiger partial charge in [-0.2, -0.15) is 0 Å². The van der Waals surface area contributed by atoms with Crippen LogP contribution in [0.2, 0.25) is 5.02 Å². The predicted octanol–water partition coefficient (Wildman–Crippen LogP) is 6.52. The van der Waals surface area contributed by atoms with Crippen LogP contribution in [0.3, 0.4) is 0 Å². The molecule has 6 rings (SSSR count). The number of nitrogens with two attached hydrogens (primary N) is 1. The summed E-state index contributed by atoms with van der Waals surface area (Å²) in [6.07, 6.45) is 0.668. The Bertz CT molecular complexity index is 2210. The summed E-state index contributed by atoms with van der Waals surface area (Å²) in [5, 5.41) is 14.6. The third kappa shape index (κ3) is 6.35. The van der Waals surface area contributed by atoms with Crippen molar-refractivity contribution in [2.24, 2.45) is 0 Å². The molecule has 0 atom stereocenters. The van der Waals surface area contributed by atoms with Crippen LogP contribution in [0.1, 0.15) is 36.8 Å². The number of carboxylic acids is 1. The minimum Gasteiger partial charge on any atom is -0.478 e. The maximum Gasteiger partial charge on any atom is 0.337 e. The molecule has 0 amide bonds. The van der Waals surface area contributed by atoms with E-state index in [4.69, 9.17) is 26.5 Å². The summed E-state index contributed by atoms with van der Waals surface area (Å²) in [6.45, 7) is 0.134. The molecule has 3 aromatic carbocycles. The number of benzene rings is 4. The Morgan fingerprint density at radius 3 is 2.49 bits per heavy atom. The molecule has 2 heterocycles. The van der Waals surface area contributed by atoms with Crippen LogP contribution < -0.4 is 16.5 Å². The van der Waals surface area contributed by atoms with Crippen LogP contribution >= 0.6 is 11.6 Å². The van der Waals surface area contributed by atoms with E-state index >= 15 is 0 Å². The molecule has 1 aliphatic carbocycles. The number of halogens is 1. The topological polar surface area (TPSA) is 171 Å². The number of nitrogens with one attached hydrogen (secondary N) is 1. The van der Waals surface area contributed by atoms with Crippen LogP contribution in [-0.4, -0.2) is 49.6 Å². The van der Waals surface area contributed by atoms with Crippen molar-refractivity contribution in [1.82, 2.24) is 4.98 Å². The van der Waals surface area contributed by atoms with Crippen LogP contribution in [0.15, 0.2) is 82.0 Å². The number of carboxylic acid groups (broad SMARTS) is 1. The molecule has 1 aliphatic heterocycles. The Balaban J connectivity index is 0.00000139. The van der Waals surface area contributed by atoms with Gasteiger partial charge < -0.3 is 30.0 Å². The molecule has 0 unspecified atom stereocenters. The average Bonchev–Trinajstić information content (AvgIpc) is 3.07. The number of hydrogen-bond acceptors (Lipinski definition) is 10. The number of carbonyl (C=O) groups is 3. The van der Waals surface area contributed by atoms with E-state index in [1.165, 1.54) is 37.4 Å². The maximum atomic E-state index is 12.6. The van der Waals surface area contributed by atoms with E-state index in [1.54, 1.807) is 38.5 Å². The Hall–Kier alpha value is -5.78. The second-order valence-corrected chi connectivity index (χ2v) is 10.7. The summed E-state index contributed by atoms with van der Waals surface area (Å²) in [5.41, 5.74) is 9.54. The number of esters is 1. The molecule has 0 radical (unpaired) electrons. The number of aromatic carboxylic acids is 1. The third-order valence-corrected chi connectivity index (χ3v) is 7.64. The van der Waals surface area contributed by atoms with Gasteiger partial charge in [0.2, 0.25) is 5.43 Å². The summed E-state index contributed by atoms with van der Waals surface area (Å²) in [6, 6.07) is 19.0. The number of ether oxygens (including phenoxy) is 2. The average molecular weight is 654 g/mol. The maximum absolute atomic E-state index is 12.6. The van der Waals surface area contributed by atoms with E-state index in [2.05, 4.69) is 15.0 Å². The van der Waals surface area contributed by atoms with Crippen molar-refractivity contribution >= 4 is 63.1 Å². The van der Waals surface area contributed by atoms with Crippen LogP contribution in [0.5, 0.6) is 0 Å². The molecule has 12 heteroatoms. The SMILES string of the molecule is COC.COC(=O)c1ccc(C(=O)O)c(-c2c3cc(Cl)c(=O)cc-3oc3c(CNc4cccc5ccc(C=O)nc45)c(N)ccc23)c1. The van der Waals surface area contributed by atoms with Gasteiger partial charge in [0.25, 0.3) is 0 Å². The normalized spacial score (nSPS) is 10.8. The van der Waals surface area contributed by atoms with Gasteiger partial charge in [0.05, 0.1) is 34.5 Å². The summed E-state index contributed by atoms with van der Waals surface area (Å²) < 4.78 is 15.4. The zero-order chi connectivity index (χ0) is 33.8. The van der Waals surface area contributed by atoms with Crippen LogP contribution in [0.25, 0.3) is 44.3 Å². The van der Waals surface area contributed by atoms with Crippen molar-refractivity contribution in [3.63, 3.8) is 0 Å². The highest BCUT2D eigenvalue weighted by Crippen LogP contribution is 2.44. The first-order valence-corrected chi connectivity index (χ1v) is 14.4. The molecule has 4 aromatic rings. The molecule has 2 aliphatic rings. The number of para-hydroxylation sites is 1. The molecule has 0 fully saturated rings. The highest BCUT2D eigenvalue weighted by atomic mass is 35.5. The van der Waals surface area contributed by atoms with Gasteiger partial charge in [-0.3, -0.25) is 9.59 Å². The summed E-state index contributed by atoms with van der Waals surface area (Å²) >= 11 is 6.25. The van der Waals surface area contributed by atoms with Gasteiger partial charge in [0.15, 0.2) is 6.29 Å². The molecular formula is C35H28ClN3O8. The Kier molecular flexibility index (Phi) is 9.50. The second-order valence-electron chi connectivity index (χ2n) is 10.3. The first-order valence-electron chi connectivity index (χ1n) is 14.0. The van der Waals surface area contributed by atoms with E-state index in [0.29, 0.717) is 45.3 Å². The fraction of sp³-hybridized carbons (Fsp3) is 0.114. The van der Waals surface area contributed by atoms with E-state index in [-0.39, 0.29) is 45.3 Å². The molecule has 11 nitrogen and oxygen atoms in total. The fourth-order valence-corrected chi connectivity index (χ4v) is 5.40. The number of rotatable bonds is 7. The molecule has 4 N–H and O–H groups in total. The summed E-state index contributed by atoms with van der Waals surface area (Å²) in [4.78, 5) is 53.3. The third-order valence-electron chi connectivity index (χ3n) is 7.34. The second kappa shape index (κ2) is 13.7. The zero-order valence-electron chi connectivity index (χ0n) is 25.4. The smallest absolute Gasteiger partial charge is 0.337 e. The molecule has 1 aromatic heterocycles. The van der Waals surface area contributed by atoms with E-state index in [9.17, 15) is 24.3 Å². The lowest BCUT2D eigenvalue weighted by atomic mass is 9.88. The molecule has 0 bridgehead atoms. The van der Waals surface area contributed by atoms with Crippen molar-refractivity contribution in [2.45, 2.75) is 6.54 Å². The van der Waals surface area contributed by atoms with Crippen LogP contribution in [0.4, 0.5) is 11.4 Å². The molecule has 0 spiro atoms. The van der Waals surface area contributed by atoms with Crippen molar-refractivity contribution in [3.8, 4) is 22.5 Å². The van der Waals surface area contributed by atoms with E-state index in [0.717, 1.165) is 5.39 Å². The van der Waals surface area contributed by atoms with E-state index < -0.39 is 17.4 Å². The first kappa shape index (κ1) is 32.6. The lowest BCUT2D eigenvalue weighted by molar-refractivity contribution is 0.0598. The molecule has 0 saturated heterocycles. The predicted molar refractivity (Wildman–Crippen MR) is 180 cm³/mol. The number of methoxy groups -OCH3 is 2. The number of anilines is 2. The van der Waals surface area contributed by atoms with Crippen molar-refractivity contribution < 1.29 is 33.4 Å². The highest BCUT2D eigenvalue weighted by molar-refractivity contribution is 6.31. The largest absolute Gasteiger partial charge is 0.478 e. The Morgan fingerprint density at radius 2 is 1.79 bits per heavy atom. The first-order chi connectivity index (χ1) is 22.6. The fourth-order valence-electron chi connectivity index (χ4n) is 5.24. The lowest BCUT2D eigenvalue weighted by Gasteiger charge is -2.20. The van der Waals surface area contributed by atoms with Crippen molar-refractivity contribution in [2.75, 3.05) is 32.4 Å². The number of fused-ring (bicyclic) bond motifs is 3. The highest BCUT2D eigenvalue weighted by Gasteiger charge is 2.26. The number of hydrogen-bond donors (Lipinski definition) is 3. The molecular weight excluding hydrogens is 626 g/mol. The van der Waals surface area contributed by atoms with Gasteiger partial charge in [0.1, 0.15) is 17.0 Å². The summed E-state index contributed by atoms with van der Waals surface area (Å²) in [5.74, 6) is -1.76. The number of nitrogens with zero attached hydrogens (tertiary/aromatic N) is 1. The standard InChI is InChI=1S/C33H22ClN3O7.C2H6O/c1-43-33(42)17-6-8-19(32(40)41)21(11-17)29-20-9-10-25(35)23(31(20)44-28-13-27(39)24(34)12-22(28)29)14-36-26-4-2-3-16-5-7-18(15-38)37-30(16)26;1-3-2/h2-13,15,36H,14,35H2,1H3,(H,40,41);1-2H3. The van der Waals surface area contributed by atoms with Crippen molar-refractivity contribution in [1.29, 1.82) is 0 Å². The Morgan fingerprint density at radius 1 is 1.02 bits per heavy atom. The van der Waals surface area contributed by atoms with Crippen LogP contribution in [0, 0.1) is 0 Å². The Labute approximate surface area is 272 Å². The number of nitrogen functional groups attached to an aromatic ring is 1. The van der Waals surface area contributed by atoms with E-state index in [1.807, 2.05) is 18.2 Å². The monoisotopic (exact) mass is 653 g/mol. The molecule has 238 valence electrons. The van der Waals surface area contributed by atoms with Gasteiger partial charge >= 0.3 is 11.9 Å². The van der Waals surface area contributed by atoms with Gasteiger partial charge in [-0.05, 0) is 54.1 Å². The number of aldehydes is 1. The quantitative estimate of drug-likeness (QED) is 0.0741. The van der Waals surface area contributed by atoms with Crippen molar-refractivity contribution in [3.05, 3.63) is 110 Å². The van der Waals surface area contributed by atoms with Gasteiger partial charge in [-0.15, -0.1) is 0 Å². The number of carbonyl (C=O) groups excluding carboxylic acids is 2. The minimum absolute atomic E-state index is 0.0928. The zero-order valence-corrected chi connectivity index (χ0v) is 26.2. The minimum atomic E-state index is -1.24. The number of aromatic nitrogens is 1. The molecule has 47 heavy (non-hydrogen) atoms. The van der Waals surface area contributed by atoms with Gasteiger partial charge in [-0.1, -0.05) is 29.8 Å². The van der Waals surface area contributed by atoms with Gasteiger partial charge in [0, 0.05) is 60.0 Å². The molecule has 0 saturated carbocycles.